The Balaban J connectivity index is 2.75. The Morgan fingerprint density at radius 1 is 1.15 bits per heavy atom. The molecule has 0 heteroatoms. The van der Waals surface area contributed by atoms with Crippen molar-refractivity contribution >= 4 is 0 Å². The first kappa shape index (κ1) is 10.6. The normalized spacial score (nSPS) is 31.1. The fourth-order valence-electron chi connectivity index (χ4n) is 1.88. The summed E-state index contributed by atoms with van der Waals surface area (Å²) in [6, 6.07) is 0. The maximum Gasteiger partial charge on any atom is -0.0139 e. The van der Waals surface area contributed by atoms with Gasteiger partial charge >= 0.3 is 0 Å². The van der Waals surface area contributed by atoms with E-state index in [0.717, 1.165) is 18.3 Å². The second kappa shape index (κ2) is 4.64. The highest BCUT2D eigenvalue weighted by atomic mass is 14.2. The molecular weight excluding hydrogens is 156 g/mol. The van der Waals surface area contributed by atoms with E-state index in [4.69, 9.17) is 0 Å². The van der Waals surface area contributed by atoms with E-state index in [1.807, 2.05) is 0 Å². The minimum absolute atomic E-state index is 0.763. The molecule has 0 aromatic heterocycles. The number of hydrogen-bond donors (Lipinski definition) is 0. The molecule has 74 valence electrons. The molecule has 1 aliphatic carbocycles. The highest BCUT2D eigenvalue weighted by Crippen LogP contribution is 2.26. The predicted octanol–water partition coefficient (Wildman–Crippen LogP) is 4.34. The molecule has 0 fully saturated rings. The van der Waals surface area contributed by atoms with Gasteiger partial charge in [0.15, 0.2) is 0 Å². The molecule has 0 bridgehead atoms. The second-order valence-corrected chi connectivity index (χ2v) is 4.55. The summed E-state index contributed by atoms with van der Waals surface area (Å²) in [6.45, 7) is 9.25. The van der Waals surface area contributed by atoms with Crippen molar-refractivity contribution in [1.82, 2.24) is 0 Å². The van der Waals surface area contributed by atoms with E-state index in [1.54, 1.807) is 5.57 Å². The molecule has 0 heterocycles. The van der Waals surface area contributed by atoms with Crippen molar-refractivity contribution in [2.75, 3.05) is 0 Å². The maximum atomic E-state index is 2.40. The lowest BCUT2D eigenvalue weighted by Crippen LogP contribution is -2.08. The van der Waals surface area contributed by atoms with E-state index >= 15 is 0 Å². The van der Waals surface area contributed by atoms with Crippen molar-refractivity contribution in [3.8, 4) is 0 Å². The summed E-state index contributed by atoms with van der Waals surface area (Å²) in [7, 11) is 0. The molecule has 1 aliphatic rings. The molecular formula is C13H22. The Morgan fingerprint density at radius 2 is 1.85 bits per heavy atom. The van der Waals surface area contributed by atoms with Gasteiger partial charge in [0.2, 0.25) is 0 Å². The fourth-order valence-corrected chi connectivity index (χ4v) is 1.88. The number of rotatable bonds is 0. The lowest BCUT2D eigenvalue weighted by atomic mass is 9.86. The van der Waals surface area contributed by atoms with Crippen LogP contribution in [0, 0.1) is 11.8 Å². The van der Waals surface area contributed by atoms with Crippen molar-refractivity contribution < 1.29 is 0 Å². The van der Waals surface area contributed by atoms with Crippen LogP contribution >= 0.6 is 0 Å². The molecule has 0 aromatic rings. The van der Waals surface area contributed by atoms with Crippen LogP contribution in [0.1, 0.15) is 47.0 Å². The summed E-state index contributed by atoms with van der Waals surface area (Å²) < 4.78 is 0. The average Bonchev–Trinajstić information content (AvgIpc) is 2.15. The Kier molecular flexibility index (Phi) is 3.77. The summed E-state index contributed by atoms with van der Waals surface area (Å²) in [5.74, 6) is 1.60. The fraction of sp³-hybridized carbons (Fsp3) is 0.692. The molecule has 0 saturated heterocycles. The number of hydrogen-bond acceptors (Lipinski definition) is 0. The summed E-state index contributed by atoms with van der Waals surface area (Å²) in [4.78, 5) is 0. The van der Waals surface area contributed by atoms with Gasteiger partial charge in [-0.05, 0) is 44.9 Å². The van der Waals surface area contributed by atoms with Gasteiger partial charge in [-0.15, -0.1) is 0 Å². The quantitative estimate of drug-likeness (QED) is 0.484. The summed E-state index contributed by atoms with van der Waals surface area (Å²) in [5.41, 5.74) is 3.10. The van der Waals surface area contributed by atoms with Crippen LogP contribution in [0.3, 0.4) is 0 Å². The van der Waals surface area contributed by atoms with Crippen molar-refractivity contribution in [2.45, 2.75) is 47.0 Å². The first-order valence-corrected chi connectivity index (χ1v) is 5.43. The van der Waals surface area contributed by atoms with Gasteiger partial charge in [-0.3, -0.25) is 0 Å². The van der Waals surface area contributed by atoms with Crippen LogP contribution in [0.2, 0.25) is 0 Å². The first-order chi connectivity index (χ1) is 6.11. The third-order valence-corrected chi connectivity index (χ3v) is 3.43. The van der Waals surface area contributed by atoms with E-state index in [9.17, 15) is 0 Å². The van der Waals surface area contributed by atoms with E-state index in [2.05, 4.69) is 39.8 Å². The van der Waals surface area contributed by atoms with Crippen LogP contribution in [0.15, 0.2) is 23.3 Å². The molecule has 0 amide bonds. The molecule has 0 radical (unpaired) electrons. The lowest BCUT2D eigenvalue weighted by Gasteiger charge is -2.19. The van der Waals surface area contributed by atoms with Crippen LogP contribution in [0.4, 0.5) is 0 Å². The smallest absolute Gasteiger partial charge is 0.0139 e. The topological polar surface area (TPSA) is 0 Å². The molecule has 13 heavy (non-hydrogen) atoms. The highest BCUT2D eigenvalue weighted by molar-refractivity contribution is 5.12. The Morgan fingerprint density at radius 3 is 2.54 bits per heavy atom. The van der Waals surface area contributed by atoms with Gasteiger partial charge in [-0.2, -0.15) is 0 Å². The minimum Gasteiger partial charge on any atom is -0.0853 e. The van der Waals surface area contributed by atoms with Crippen LogP contribution in [0.5, 0.6) is 0 Å². The average molecular weight is 178 g/mol. The van der Waals surface area contributed by atoms with Gasteiger partial charge in [0, 0.05) is 0 Å². The first-order valence-electron chi connectivity index (χ1n) is 5.43. The van der Waals surface area contributed by atoms with Gasteiger partial charge in [-0.25, -0.2) is 0 Å². The zero-order valence-electron chi connectivity index (χ0n) is 9.43. The van der Waals surface area contributed by atoms with E-state index in [1.165, 1.54) is 18.4 Å². The predicted molar refractivity (Wildman–Crippen MR) is 59.7 cm³/mol. The Hall–Kier alpha value is -0.520. The standard InChI is InChI=1S/C13H22/c1-10-6-5-7-11(2)13(4)12(3)9-8-10/h6,9,11,13H,5,7-8H2,1-4H3. The molecule has 1 rings (SSSR count). The third-order valence-electron chi connectivity index (χ3n) is 3.43. The SMILES string of the molecule is CC1=CCCC(C)C(C)C(C)=CC1. The molecule has 0 aliphatic heterocycles. The second-order valence-electron chi connectivity index (χ2n) is 4.55. The molecule has 2 unspecified atom stereocenters. The summed E-state index contributed by atoms with van der Waals surface area (Å²) in [5, 5.41) is 0. The highest BCUT2D eigenvalue weighted by Gasteiger charge is 2.13. The number of allylic oxidation sites excluding steroid dienone is 4. The van der Waals surface area contributed by atoms with Crippen molar-refractivity contribution in [1.29, 1.82) is 0 Å². The van der Waals surface area contributed by atoms with Crippen molar-refractivity contribution in [3.63, 3.8) is 0 Å². The van der Waals surface area contributed by atoms with Crippen molar-refractivity contribution in [3.05, 3.63) is 23.3 Å². The van der Waals surface area contributed by atoms with Gasteiger partial charge in [0.05, 0.1) is 0 Å². The molecule has 0 saturated carbocycles. The Bertz CT molecular complexity index is 220. The third kappa shape index (κ3) is 3.02. The van der Waals surface area contributed by atoms with E-state index in [0.29, 0.717) is 0 Å². The maximum absolute atomic E-state index is 2.40. The molecule has 0 aromatic carbocycles. The minimum atomic E-state index is 0.763. The molecule has 0 N–H and O–H groups in total. The van der Waals surface area contributed by atoms with E-state index in [-0.39, 0.29) is 0 Å². The monoisotopic (exact) mass is 178 g/mol. The van der Waals surface area contributed by atoms with Crippen LogP contribution in [-0.4, -0.2) is 0 Å². The van der Waals surface area contributed by atoms with Gasteiger partial charge in [0.1, 0.15) is 0 Å². The molecule has 0 spiro atoms. The van der Waals surface area contributed by atoms with Crippen LogP contribution in [-0.2, 0) is 0 Å². The van der Waals surface area contributed by atoms with Crippen molar-refractivity contribution in [2.24, 2.45) is 11.8 Å². The zero-order chi connectivity index (χ0) is 9.84. The molecule has 0 nitrogen and oxygen atoms in total. The van der Waals surface area contributed by atoms with Gasteiger partial charge in [0.25, 0.3) is 0 Å². The van der Waals surface area contributed by atoms with Crippen LogP contribution in [0.25, 0.3) is 0 Å². The largest absolute Gasteiger partial charge is 0.0853 e. The van der Waals surface area contributed by atoms with Gasteiger partial charge in [-0.1, -0.05) is 37.1 Å². The summed E-state index contributed by atoms with van der Waals surface area (Å²) >= 11 is 0. The summed E-state index contributed by atoms with van der Waals surface area (Å²) in [6.07, 6.45) is 8.56. The lowest BCUT2D eigenvalue weighted by molar-refractivity contribution is 0.414. The van der Waals surface area contributed by atoms with Gasteiger partial charge < -0.3 is 0 Å². The zero-order valence-corrected chi connectivity index (χ0v) is 9.43. The van der Waals surface area contributed by atoms with Crippen LogP contribution < -0.4 is 0 Å². The Labute approximate surface area is 82.7 Å². The van der Waals surface area contributed by atoms with E-state index < -0.39 is 0 Å². The molecule has 2 atom stereocenters.